The van der Waals surface area contributed by atoms with Gasteiger partial charge in [0, 0.05) is 42.9 Å². The van der Waals surface area contributed by atoms with Crippen LogP contribution in [0.3, 0.4) is 0 Å². The van der Waals surface area contributed by atoms with Gasteiger partial charge in [0.1, 0.15) is 6.04 Å². The van der Waals surface area contributed by atoms with Crippen molar-refractivity contribution in [3.8, 4) is 0 Å². The fourth-order valence-corrected chi connectivity index (χ4v) is 5.70. The van der Waals surface area contributed by atoms with Gasteiger partial charge in [-0.2, -0.15) is 0 Å². The normalized spacial score (nSPS) is 13.7. The summed E-state index contributed by atoms with van der Waals surface area (Å²) in [6.07, 6.45) is 1.94. The highest BCUT2D eigenvalue weighted by molar-refractivity contribution is 6.25. The third kappa shape index (κ3) is 6.23. The van der Waals surface area contributed by atoms with Crippen molar-refractivity contribution < 1.29 is 14.4 Å². The molecule has 216 valence electrons. The molecule has 1 aliphatic rings. The number of benzene rings is 4. The van der Waals surface area contributed by atoms with Crippen LogP contribution in [0.25, 0.3) is 10.8 Å². The summed E-state index contributed by atoms with van der Waals surface area (Å²) >= 11 is 0. The summed E-state index contributed by atoms with van der Waals surface area (Å²) in [5, 5.41) is 5.14. The minimum Gasteiger partial charge on any atom is -0.352 e. The van der Waals surface area contributed by atoms with Crippen molar-refractivity contribution in [3.63, 3.8) is 0 Å². The molecule has 0 aromatic heterocycles. The monoisotopic (exact) mass is 561 g/mol. The Bertz CT molecular complexity index is 1580. The van der Waals surface area contributed by atoms with E-state index in [0.717, 1.165) is 39.6 Å². The molecule has 42 heavy (non-hydrogen) atoms. The molecule has 0 saturated carbocycles. The van der Waals surface area contributed by atoms with E-state index in [9.17, 15) is 14.4 Å². The highest BCUT2D eigenvalue weighted by atomic mass is 16.2. The average molecular weight is 562 g/mol. The molecular weight excluding hydrogens is 522 g/mol. The van der Waals surface area contributed by atoms with Crippen molar-refractivity contribution in [3.05, 3.63) is 113 Å². The molecule has 0 unspecified atom stereocenters. The molecule has 0 spiro atoms. The first-order chi connectivity index (χ1) is 20.4. The minimum atomic E-state index is -0.667. The van der Waals surface area contributed by atoms with E-state index in [4.69, 9.17) is 0 Å². The van der Waals surface area contributed by atoms with Gasteiger partial charge in [0.15, 0.2) is 0 Å². The minimum absolute atomic E-state index is 0.00305. The van der Waals surface area contributed by atoms with E-state index in [1.165, 1.54) is 0 Å². The number of hydrogen-bond donors (Lipinski definition) is 1. The summed E-state index contributed by atoms with van der Waals surface area (Å²) < 4.78 is 0. The molecule has 0 bridgehead atoms. The van der Waals surface area contributed by atoms with Gasteiger partial charge in [-0.3, -0.25) is 14.4 Å². The summed E-state index contributed by atoms with van der Waals surface area (Å²) in [6.45, 7) is 6.81. The summed E-state index contributed by atoms with van der Waals surface area (Å²) in [6, 6.07) is 28.9. The van der Waals surface area contributed by atoms with Gasteiger partial charge in [-0.15, -0.1) is 0 Å². The fourth-order valence-electron chi connectivity index (χ4n) is 5.70. The zero-order chi connectivity index (χ0) is 29.6. The number of anilines is 1. The number of nitrogens with one attached hydrogen (secondary N) is 1. The summed E-state index contributed by atoms with van der Waals surface area (Å²) in [7, 11) is 0. The molecule has 1 N–H and O–H groups in total. The molecule has 0 saturated heterocycles. The number of hydrogen-bond acceptors (Lipinski definition) is 3. The van der Waals surface area contributed by atoms with Crippen LogP contribution in [-0.2, 0) is 22.6 Å². The number of carbonyl (C=O) groups excluding carboxylic acids is 3. The fraction of sp³-hybridized carbons (Fsp3) is 0.306. The second kappa shape index (κ2) is 13.0. The van der Waals surface area contributed by atoms with Gasteiger partial charge in [0.25, 0.3) is 5.91 Å². The molecule has 0 radical (unpaired) electrons. The Morgan fingerprint density at radius 2 is 1.62 bits per heavy atom. The second-order valence-electron chi connectivity index (χ2n) is 11.2. The maximum atomic E-state index is 14.1. The van der Waals surface area contributed by atoms with E-state index < -0.39 is 6.04 Å². The standard InChI is InChI=1S/C36H39N3O3/c1-4-26(3)37-35(41)32(23-27-14-6-5-7-15-27)39(24-29-16-9-8-13-25(29)2)33(40)21-12-22-38-31-20-11-18-28-17-10-19-30(34(28)31)36(38)42/h5-11,13-20,26,32H,4,12,21-24H2,1-3H3,(H,37,41)/t26-,32-/m1/s1. The largest absolute Gasteiger partial charge is 0.352 e. The van der Waals surface area contributed by atoms with E-state index in [1.54, 1.807) is 9.80 Å². The van der Waals surface area contributed by atoms with E-state index >= 15 is 0 Å². The van der Waals surface area contributed by atoms with Crippen LogP contribution in [0.15, 0.2) is 91.0 Å². The van der Waals surface area contributed by atoms with Gasteiger partial charge >= 0.3 is 0 Å². The van der Waals surface area contributed by atoms with E-state index in [2.05, 4.69) is 5.32 Å². The van der Waals surface area contributed by atoms with Crippen molar-refractivity contribution in [1.82, 2.24) is 10.2 Å². The average Bonchev–Trinajstić information content (AvgIpc) is 3.28. The molecular formula is C36H39N3O3. The topological polar surface area (TPSA) is 69.7 Å². The summed E-state index contributed by atoms with van der Waals surface area (Å²) in [4.78, 5) is 44.6. The van der Waals surface area contributed by atoms with Crippen LogP contribution in [-0.4, -0.2) is 41.2 Å². The molecule has 1 aliphatic heterocycles. The number of nitrogens with zero attached hydrogens (tertiary/aromatic N) is 2. The van der Waals surface area contributed by atoms with E-state index in [-0.39, 0.29) is 30.2 Å². The number of rotatable bonds is 12. The van der Waals surface area contributed by atoms with Gasteiger partial charge in [-0.1, -0.05) is 85.8 Å². The zero-order valence-electron chi connectivity index (χ0n) is 24.7. The van der Waals surface area contributed by atoms with E-state index in [1.807, 2.05) is 112 Å². The number of carbonyl (C=O) groups is 3. The molecule has 2 atom stereocenters. The molecule has 0 aliphatic carbocycles. The van der Waals surface area contributed by atoms with Gasteiger partial charge in [0.05, 0.1) is 5.69 Å². The van der Waals surface area contributed by atoms with Crippen molar-refractivity contribution in [2.45, 2.75) is 65.1 Å². The number of amides is 3. The molecule has 1 heterocycles. The van der Waals surface area contributed by atoms with Crippen LogP contribution >= 0.6 is 0 Å². The molecule has 0 fully saturated rings. The Kier molecular flexibility index (Phi) is 9.01. The Hall–Kier alpha value is -4.45. The van der Waals surface area contributed by atoms with Gasteiger partial charge in [0.2, 0.25) is 11.8 Å². The van der Waals surface area contributed by atoms with Gasteiger partial charge < -0.3 is 15.1 Å². The highest BCUT2D eigenvalue weighted by Crippen LogP contribution is 2.37. The molecule has 6 nitrogen and oxygen atoms in total. The Balaban J connectivity index is 1.38. The Labute approximate surface area is 248 Å². The van der Waals surface area contributed by atoms with Crippen molar-refractivity contribution in [1.29, 1.82) is 0 Å². The third-order valence-electron chi connectivity index (χ3n) is 8.30. The Morgan fingerprint density at radius 1 is 0.905 bits per heavy atom. The van der Waals surface area contributed by atoms with Crippen LogP contribution in [0, 0.1) is 6.92 Å². The van der Waals surface area contributed by atoms with Gasteiger partial charge in [-0.25, -0.2) is 0 Å². The van der Waals surface area contributed by atoms with Crippen molar-refractivity contribution in [2.24, 2.45) is 0 Å². The van der Waals surface area contributed by atoms with Crippen LogP contribution in [0.5, 0.6) is 0 Å². The third-order valence-corrected chi connectivity index (χ3v) is 8.30. The molecule has 3 amide bonds. The predicted molar refractivity (Wildman–Crippen MR) is 168 cm³/mol. The first-order valence-corrected chi connectivity index (χ1v) is 14.9. The van der Waals surface area contributed by atoms with Crippen molar-refractivity contribution >= 4 is 34.2 Å². The molecule has 6 heteroatoms. The van der Waals surface area contributed by atoms with E-state index in [0.29, 0.717) is 31.5 Å². The molecule has 4 aromatic carbocycles. The first-order valence-electron chi connectivity index (χ1n) is 14.9. The van der Waals surface area contributed by atoms with Crippen LogP contribution in [0.2, 0.25) is 0 Å². The highest BCUT2D eigenvalue weighted by Gasteiger charge is 2.32. The lowest BCUT2D eigenvalue weighted by Gasteiger charge is -2.33. The van der Waals surface area contributed by atoms with Crippen LogP contribution in [0.4, 0.5) is 5.69 Å². The summed E-state index contributed by atoms with van der Waals surface area (Å²) in [5.41, 5.74) is 4.69. The SMILES string of the molecule is CC[C@@H](C)NC(=O)[C@@H](Cc1ccccc1)N(Cc1ccccc1C)C(=O)CCCN1C(=O)c2cccc3cccc1c23. The Morgan fingerprint density at radius 3 is 2.36 bits per heavy atom. The smallest absolute Gasteiger partial charge is 0.258 e. The lowest BCUT2D eigenvalue weighted by molar-refractivity contribution is -0.141. The zero-order valence-corrected chi connectivity index (χ0v) is 24.7. The quantitative estimate of drug-likeness (QED) is 0.216. The van der Waals surface area contributed by atoms with Gasteiger partial charge in [-0.05, 0) is 60.9 Å². The summed E-state index contributed by atoms with van der Waals surface area (Å²) in [5.74, 6) is -0.270. The first kappa shape index (κ1) is 29.1. The molecule has 5 rings (SSSR count). The van der Waals surface area contributed by atoms with Crippen LogP contribution < -0.4 is 10.2 Å². The van der Waals surface area contributed by atoms with Crippen LogP contribution in [0.1, 0.15) is 60.2 Å². The maximum Gasteiger partial charge on any atom is 0.258 e. The maximum absolute atomic E-state index is 14.1. The lowest BCUT2D eigenvalue weighted by atomic mass is 10.0. The van der Waals surface area contributed by atoms with Crippen molar-refractivity contribution in [2.75, 3.05) is 11.4 Å². The predicted octanol–water partition coefficient (Wildman–Crippen LogP) is 6.44. The number of aryl methyl sites for hydroxylation is 1. The molecule has 4 aromatic rings. The lowest BCUT2D eigenvalue weighted by Crippen LogP contribution is -2.52. The second-order valence-corrected chi connectivity index (χ2v) is 11.2.